The van der Waals surface area contributed by atoms with Gasteiger partial charge in [0, 0.05) is 10.7 Å². The van der Waals surface area contributed by atoms with Crippen LogP contribution >= 0.6 is 31.9 Å². The summed E-state index contributed by atoms with van der Waals surface area (Å²) in [5.41, 5.74) is 4.58. The van der Waals surface area contributed by atoms with E-state index in [1.54, 1.807) is 37.2 Å². The highest BCUT2D eigenvalue weighted by Gasteiger charge is 2.11. The van der Waals surface area contributed by atoms with Crippen molar-refractivity contribution in [2.24, 2.45) is 5.10 Å². The maximum absolute atomic E-state index is 12.3. The minimum atomic E-state index is -0.393. The van der Waals surface area contributed by atoms with Crippen LogP contribution in [0.15, 0.2) is 62.7 Å². The Bertz CT molecular complexity index is 1030. The molecular weight excluding hydrogens is 504 g/mol. The molecule has 0 bridgehead atoms. The highest BCUT2D eigenvalue weighted by Crippen LogP contribution is 2.35. The van der Waals surface area contributed by atoms with Crippen LogP contribution < -0.4 is 14.9 Å². The number of methoxy groups -OCH3 is 2. The third kappa shape index (κ3) is 5.45. The fourth-order valence-electron chi connectivity index (χ4n) is 2.58. The zero-order chi connectivity index (χ0) is 20.8. The molecule has 1 N–H and O–H groups in total. The summed E-state index contributed by atoms with van der Waals surface area (Å²) in [4.78, 5) is 12.3. The van der Waals surface area contributed by atoms with Gasteiger partial charge in [-0.1, -0.05) is 28.1 Å². The van der Waals surface area contributed by atoms with Crippen molar-refractivity contribution in [2.45, 2.75) is 6.54 Å². The lowest BCUT2D eigenvalue weighted by atomic mass is 10.2. The van der Waals surface area contributed by atoms with E-state index in [4.69, 9.17) is 9.47 Å². The van der Waals surface area contributed by atoms with E-state index in [1.165, 1.54) is 6.21 Å². The van der Waals surface area contributed by atoms with Gasteiger partial charge in [0.15, 0.2) is 17.2 Å². The zero-order valence-corrected chi connectivity index (χ0v) is 18.9. The van der Waals surface area contributed by atoms with Gasteiger partial charge < -0.3 is 9.47 Å². The normalized spacial score (nSPS) is 10.9. The van der Waals surface area contributed by atoms with Crippen molar-refractivity contribution in [3.8, 4) is 11.5 Å². The molecule has 0 aliphatic rings. The first-order chi connectivity index (χ1) is 14.0. The van der Waals surface area contributed by atoms with Crippen molar-refractivity contribution in [3.63, 3.8) is 0 Å². The highest BCUT2D eigenvalue weighted by atomic mass is 79.9. The summed E-state index contributed by atoms with van der Waals surface area (Å²) in [6.45, 7) is 0.573. The van der Waals surface area contributed by atoms with Gasteiger partial charge in [-0.3, -0.25) is 9.48 Å². The van der Waals surface area contributed by atoms with Gasteiger partial charge in [0.1, 0.15) is 0 Å². The Morgan fingerprint density at radius 3 is 2.62 bits per heavy atom. The van der Waals surface area contributed by atoms with Crippen LogP contribution in [-0.2, 0) is 6.54 Å². The maximum Gasteiger partial charge on any atom is 0.291 e. The summed E-state index contributed by atoms with van der Waals surface area (Å²) in [6.07, 6.45) is 3.27. The molecule has 1 aromatic heterocycles. The van der Waals surface area contributed by atoms with Gasteiger partial charge in [0.2, 0.25) is 0 Å². The second-order valence-electron chi connectivity index (χ2n) is 5.96. The number of halogens is 2. The topological polar surface area (TPSA) is 77.7 Å². The predicted molar refractivity (Wildman–Crippen MR) is 118 cm³/mol. The first kappa shape index (κ1) is 21.1. The third-order valence-corrected chi connectivity index (χ3v) is 5.08. The summed E-state index contributed by atoms with van der Waals surface area (Å²) in [6, 6.07) is 13.1. The van der Waals surface area contributed by atoms with Gasteiger partial charge in [-0.05, 0) is 57.4 Å². The molecule has 2 aromatic carbocycles. The molecule has 0 unspecified atom stereocenters. The van der Waals surface area contributed by atoms with Gasteiger partial charge in [0.25, 0.3) is 5.91 Å². The molecule has 1 heterocycles. The second-order valence-corrected chi connectivity index (χ2v) is 7.73. The van der Waals surface area contributed by atoms with Crippen molar-refractivity contribution in [1.82, 2.24) is 15.2 Å². The molecule has 3 rings (SSSR count). The molecule has 0 atom stereocenters. The molecule has 0 fully saturated rings. The van der Waals surface area contributed by atoms with E-state index < -0.39 is 5.91 Å². The SMILES string of the molecule is COc1cc(/C=N/NC(=O)c2ccn(Cc3ccc(Br)cc3)n2)cc(Br)c1OC. The van der Waals surface area contributed by atoms with E-state index in [9.17, 15) is 4.79 Å². The Hall–Kier alpha value is -2.65. The Kier molecular flexibility index (Phi) is 7.05. The van der Waals surface area contributed by atoms with Gasteiger partial charge >= 0.3 is 0 Å². The Balaban J connectivity index is 1.63. The predicted octanol–water partition coefficient (Wildman–Crippen LogP) is 4.24. The molecule has 7 nitrogen and oxygen atoms in total. The van der Waals surface area contributed by atoms with Crippen LogP contribution in [0.25, 0.3) is 0 Å². The highest BCUT2D eigenvalue weighted by molar-refractivity contribution is 9.10. The second kappa shape index (κ2) is 9.71. The molecule has 1 amide bonds. The number of ether oxygens (including phenoxy) is 2. The van der Waals surface area contributed by atoms with E-state index in [-0.39, 0.29) is 5.69 Å². The number of aromatic nitrogens is 2. The van der Waals surface area contributed by atoms with Crippen molar-refractivity contribution in [2.75, 3.05) is 14.2 Å². The van der Waals surface area contributed by atoms with E-state index in [0.29, 0.717) is 18.0 Å². The summed E-state index contributed by atoms with van der Waals surface area (Å²) >= 11 is 6.83. The van der Waals surface area contributed by atoms with Gasteiger partial charge in [0.05, 0.1) is 31.5 Å². The first-order valence-electron chi connectivity index (χ1n) is 8.53. The van der Waals surface area contributed by atoms with Crippen molar-refractivity contribution in [3.05, 3.63) is 74.4 Å². The number of nitrogens with one attached hydrogen (secondary N) is 1. The Labute approximate surface area is 185 Å². The largest absolute Gasteiger partial charge is 0.493 e. The Morgan fingerprint density at radius 1 is 1.17 bits per heavy atom. The lowest BCUT2D eigenvalue weighted by Crippen LogP contribution is -2.18. The van der Waals surface area contributed by atoms with E-state index in [2.05, 4.69) is 47.5 Å². The number of hydrazone groups is 1. The van der Waals surface area contributed by atoms with E-state index >= 15 is 0 Å². The van der Waals surface area contributed by atoms with Crippen molar-refractivity contribution in [1.29, 1.82) is 0 Å². The van der Waals surface area contributed by atoms with Crippen molar-refractivity contribution < 1.29 is 14.3 Å². The quantitative estimate of drug-likeness (QED) is 0.372. The van der Waals surface area contributed by atoms with Crippen LogP contribution in [0.3, 0.4) is 0 Å². The lowest BCUT2D eigenvalue weighted by Gasteiger charge is -2.10. The summed E-state index contributed by atoms with van der Waals surface area (Å²) in [5, 5.41) is 8.29. The number of hydrogen-bond acceptors (Lipinski definition) is 5. The molecule has 0 saturated carbocycles. The van der Waals surface area contributed by atoms with Crippen LogP contribution in [0.5, 0.6) is 11.5 Å². The number of carbonyl (C=O) groups excluding carboxylic acids is 1. The molecule has 3 aromatic rings. The number of nitrogens with zero attached hydrogens (tertiary/aromatic N) is 3. The number of hydrogen-bond donors (Lipinski definition) is 1. The van der Waals surface area contributed by atoms with Crippen LogP contribution in [0.4, 0.5) is 0 Å². The molecule has 0 spiro atoms. The monoisotopic (exact) mass is 520 g/mol. The maximum atomic E-state index is 12.3. The summed E-state index contributed by atoms with van der Waals surface area (Å²) < 4.78 is 14.0. The standard InChI is InChI=1S/C20H18Br2N4O3/c1-28-18-10-14(9-16(22)19(18)29-2)11-23-24-20(27)17-7-8-26(25-17)12-13-3-5-15(21)6-4-13/h3-11H,12H2,1-2H3,(H,24,27)/b23-11+. The Morgan fingerprint density at radius 2 is 1.93 bits per heavy atom. The molecule has 0 radical (unpaired) electrons. The average molecular weight is 522 g/mol. The lowest BCUT2D eigenvalue weighted by molar-refractivity contribution is 0.0949. The molecule has 150 valence electrons. The smallest absolute Gasteiger partial charge is 0.291 e. The molecular formula is C20H18Br2N4O3. The van der Waals surface area contributed by atoms with Crippen molar-refractivity contribution >= 4 is 44.0 Å². The number of amides is 1. The van der Waals surface area contributed by atoms with Gasteiger partial charge in [-0.2, -0.15) is 10.2 Å². The number of carbonyl (C=O) groups is 1. The minimum Gasteiger partial charge on any atom is -0.493 e. The summed E-state index contributed by atoms with van der Waals surface area (Å²) in [7, 11) is 3.12. The van der Waals surface area contributed by atoms with Gasteiger partial charge in [-0.25, -0.2) is 5.43 Å². The fraction of sp³-hybridized carbons (Fsp3) is 0.150. The van der Waals surface area contributed by atoms with Crippen LogP contribution in [0.2, 0.25) is 0 Å². The number of rotatable bonds is 7. The zero-order valence-electron chi connectivity index (χ0n) is 15.7. The van der Waals surface area contributed by atoms with Gasteiger partial charge in [-0.15, -0.1) is 0 Å². The molecule has 0 saturated heterocycles. The molecule has 0 aliphatic carbocycles. The molecule has 29 heavy (non-hydrogen) atoms. The average Bonchev–Trinajstić information content (AvgIpc) is 3.18. The van der Waals surface area contributed by atoms with E-state index in [0.717, 1.165) is 20.1 Å². The van der Waals surface area contributed by atoms with Crippen LogP contribution in [0, 0.1) is 0 Å². The third-order valence-electron chi connectivity index (χ3n) is 3.97. The first-order valence-corrected chi connectivity index (χ1v) is 10.1. The molecule has 9 heteroatoms. The van der Waals surface area contributed by atoms with E-state index in [1.807, 2.05) is 30.3 Å². The molecule has 0 aliphatic heterocycles. The van der Waals surface area contributed by atoms with Crippen LogP contribution in [-0.4, -0.2) is 36.1 Å². The summed E-state index contributed by atoms with van der Waals surface area (Å²) in [5.74, 6) is 0.752. The van der Waals surface area contributed by atoms with Crippen LogP contribution in [0.1, 0.15) is 21.6 Å². The minimum absolute atomic E-state index is 0.285. The fourth-order valence-corrected chi connectivity index (χ4v) is 3.47. The number of benzene rings is 2.